The third-order valence-electron chi connectivity index (χ3n) is 8.09. The fourth-order valence-corrected chi connectivity index (χ4v) is 6.03. The quantitative estimate of drug-likeness (QED) is 0.215. The van der Waals surface area contributed by atoms with E-state index in [4.69, 9.17) is 9.26 Å². The molecule has 2 aromatic heterocycles. The molecule has 0 radical (unpaired) electrons. The van der Waals surface area contributed by atoms with Crippen molar-refractivity contribution in [3.63, 3.8) is 0 Å². The van der Waals surface area contributed by atoms with E-state index in [1.165, 1.54) is 12.0 Å². The van der Waals surface area contributed by atoms with Crippen LogP contribution in [0.4, 0.5) is 0 Å². The average molecular weight is 597 g/mol. The Labute approximate surface area is 261 Å². The van der Waals surface area contributed by atoms with E-state index in [1.807, 2.05) is 65.6 Å². The lowest BCUT2D eigenvalue weighted by atomic mass is 9.93. The van der Waals surface area contributed by atoms with Crippen LogP contribution in [-0.4, -0.2) is 61.7 Å². The first kappa shape index (κ1) is 28.4. The van der Waals surface area contributed by atoms with Crippen molar-refractivity contribution < 1.29 is 14.1 Å². The van der Waals surface area contributed by atoms with Crippen LogP contribution in [0.2, 0.25) is 0 Å². The molecule has 6 aromatic rings. The molecule has 1 aliphatic rings. The Balaban J connectivity index is 1.28. The monoisotopic (exact) mass is 596 g/mol. The van der Waals surface area contributed by atoms with Crippen LogP contribution in [0.25, 0.3) is 17.1 Å². The van der Waals surface area contributed by atoms with Gasteiger partial charge in [-0.25, -0.2) is 0 Å². The van der Waals surface area contributed by atoms with E-state index in [9.17, 15) is 4.79 Å². The number of benzene rings is 4. The van der Waals surface area contributed by atoms with Gasteiger partial charge in [0.05, 0.1) is 37.2 Å². The molecule has 1 aliphatic heterocycles. The molecule has 1 fully saturated rings. The number of aromatic nitrogens is 5. The summed E-state index contributed by atoms with van der Waals surface area (Å²) in [7, 11) is 0. The van der Waals surface area contributed by atoms with E-state index >= 15 is 0 Å². The molecule has 1 amide bonds. The minimum atomic E-state index is -0.166. The van der Waals surface area contributed by atoms with Gasteiger partial charge in [0, 0.05) is 12.1 Å². The molecule has 9 nitrogen and oxygen atoms in total. The van der Waals surface area contributed by atoms with Crippen LogP contribution in [0, 0.1) is 0 Å². The first-order valence-electron chi connectivity index (χ1n) is 15.1. The fraction of sp³-hybridized carbons (Fsp3) is 0.194. The predicted octanol–water partition coefficient (Wildman–Crippen LogP) is 5.58. The molecule has 0 unspecified atom stereocenters. The summed E-state index contributed by atoms with van der Waals surface area (Å²) >= 11 is 0. The van der Waals surface area contributed by atoms with E-state index in [2.05, 4.69) is 56.7 Å². The van der Waals surface area contributed by atoms with Crippen LogP contribution in [0.3, 0.4) is 0 Å². The Bertz CT molecular complexity index is 1860. The molecule has 45 heavy (non-hydrogen) atoms. The average Bonchev–Trinajstić information content (AvgIpc) is 3.82. The van der Waals surface area contributed by atoms with Crippen molar-refractivity contribution in [1.29, 1.82) is 0 Å². The number of carbonyl (C=O) groups excluding carboxylic acids is 1. The zero-order valence-electron chi connectivity index (χ0n) is 24.7. The summed E-state index contributed by atoms with van der Waals surface area (Å²) in [6, 6.07) is 32.7. The first-order chi connectivity index (χ1) is 22.2. The first-order valence-corrected chi connectivity index (χ1v) is 15.1. The number of morpholine rings is 1. The minimum absolute atomic E-state index is 0.0610. The van der Waals surface area contributed by atoms with Crippen molar-refractivity contribution in [3.05, 3.63) is 149 Å². The molecular formula is C36H32N6O3. The Morgan fingerprint density at radius 3 is 2.27 bits per heavy atom. The van der Waals surface area contributed by atoms with Gasteiger partial charge in [-0.2, -0.15) is 20.0 Å². The molecule has 0 N–H and O–H groups in total. The van der Waals surface area contributed by atoms with E-state index in [1.54, 1.807) is 17.2 Å². The zero-order chi connectivity index (χ0) is 30.4. The number of carbonyl (C=O) groups is 1. The highest BCUT2D eigenvalue weighted by atomic mass is 16.5. The van der Waals surface area contributed by atoms with Gasteiger partial charge < -0.3 is 14.2 Å². The number of ether oxygens (including phenoxy) is 1. The Morgan fingerprint density at radius 2 is 1.53 bits per heavy atom. The van der Waals surface area contributed by atoms with Crippen LogP contribution in [0.1, 0.15) is 38.2 Å². The van der Waals surface area contributed by atoms with Crippen molar-refractivity contribution in [2.45, 2.75) is 25.3 Å². The maximum Gasteiger partial charge on any atom is 0.256 e. The second-order valence-electron chi connectivity index (χ2n) is 11.2. The lowest BCUT2D eigenvalue weighted by Gasteiger charge is -2.36. The summed E-state index contributed by atoms with van der Waals surface area (Å²) in [6.07, 6.45) is 6.56. The fourth-order valence-electron chi connectivity index (χ4n) is 6.03. The predicted molar refractivity (Wildman–Crippen MR) is 169 cm³/mol. The van der Waals surface area contributed by atoms with Crippen molar-refractivity contribution in [1.82, 2.24) is 30.0 Å². The highest BCUT2D eigenvalue weighted by Crippen LogP contribution is 2.29. The van der Waals surface area contributed by atoms with Gasteiger partial charge in [0.25, 0.3) is 5.91 Å². The van der Waals surface area contributed by atoms with Crippen molar-refractivity contribution >= 4 is 5.91 Å². The van der Waals surface area contributed by atoms with Gasteiger partial charge in [0.1, 0.15) is 5.69 Å². The number of nitrogens with zero attached hydrogens (tertiary/aromatic N) is 6. The third kappa shape index (κ3) is 6.44. The molecule has 0 aliphatic carbocycles. The van der Waals surface area contributed by atoms with Crippen molar-refractivity contribution in [2.24, 2.45) is 0 Å². The van der Waals surface area contributed by atoms with Crippen molar-refractivity contribution in [3.8, 4) is 17.1 Å². The Kier molecular flexibility index (Phi) is 8.24. The lowest BCUT2D eigenvalue weighted by molar-refractivity contribution is -0.00165. The Morgan fingerprint density at radius 1 is 0.800 bits per heavy atom. The number of hydrogen-bond donors (Lipinski definition) is 0. The standard InChI is InChI=1S/C36H32N6O3/c43-36(41-16-17-44-24-32(41)22-28-12-7-13-30(20-28)35-37-25-45-40-35)33-23-29(18-26-8-3-1-4-9-26)21-31(19-27-10-5-2-6-11-27)34(33)42-38-14-15-39-42/h1-15,20-21,23,25,32H,16-19,22,24H2/t32-/m1/s1. The van der Waals surface area contributed by atoms with Gasteiger partial charge in [0.15, 0.2) is 0 Å². The van der Waals surface area contributed by atoms with Crippen LogP contribution in [0.15, 0.2) is 120 Å². The summed E-state index contributed by atoms with van der Waals surface area (Å²) in [5, 5.41) is 13.0. The second-order valence-corrected chi connectivity index (χ2v) is 11.2. The van der Waals surface area contributed by atoms with E-state index in [0.29, 0.717) is 56.1 Å². The number of rotatable bonds is 9. The second kappa shape index (κ2) is 13.1. The number of amides is 1. The van der Waals surface area contributed by atoms with E-state index in [0.717, 1.165) is 27.8 Å². The highest BCUT2D eigenvalue weighted by molar-refractivity contribution is 5.99. The molecule has 0 bridgehead atoms. The molecule has 3 heterocycles. The van der Waals surface area contributed by atoms with Crippen LogP contribution in [0.5, 0.6) is 0 Å². The van der Waals surface area contributed by atoms with Crippen LogP contribution >= 0.6 is 0 Å². The number of hydrogen-bond acceptors (Lipinski definition) is 7. The van der Waals surface area contributed by atoms with Gasteiger partial charge in [-0.3, -0.25) is 4.79 Å². The molecule has 7 rings (SSSR count). The molecule has 0 spiro atoms. The molecule has 9 heteroatoms. The zero-order valence-corrected chi connectivity index (χ0v) is 24.7. The van der Waals surface area contributed by atoms with Crippen LogP contribution in [-0.2, 0) is 24.0 Å². The third-order valence-corrected chi connectivity index (χ3v) is 8.09. The topological polar surface area (TPSA) is 99.2 Å². The van der Waals surface area contributed by atoms with Gasteiger partial charge >= 0.3 is 0 Å². The molecule has 0 saturated carbocycles. The molecule has 1 saturated heterocycles. The SMILES string of the molecule is O=C(c1cc(Cc2ccccc2)cc(Cc2ccccc2)c1-n1nccn1)N1CCOC[C@H]1Cc1cccc(-c2ncon2)c1. The summed E-state index contributed by atoms with van der Waals surface area (Å²) in [6.45, 7) is 1.39. The minimum Gasteiger partial charge on any atom is -0.377 e. The summed E-state index contributed by atoms with van der Waals surface area (Å²) in [5.41, 5.74) is 7.58. The van der Waals surface area contributed by atoms with Crippen molar-refractivity contribution in [2.75, 3.05) is 19.8 Å². The lowest BCUT2D eigenvalue weighted by Crippen LogP contribution is -2.50. The molecule has 224 valence electrons. The van der Waals surface area contributed by atoms with E-state index < -0.39 is 0 Å². The van der Waals surface area contributed by atoms with Gasteiger partial charge in [-0.05, 0) is 59.2 Å². The van der Waals surface area contributed by atoms with E-state index in [-0.39, 0.29) is 11.9 Å². The van der Waals surface area contributed by atoms with Gasteiger partial charge in [-0.15, -0.1) is 0 Å². The normalized spacial score (nSPS) is 14.8. The summed E-state index contributed by atoms with van der Waals surface area (Å²) in [4.78, 5) is 22.5. The summed E-state index contributed by atoms with van der Waals surface area (Å²) < 4.78 is 10.9. The maximum absolute atomic E-state index is 14.7. The Hall–Kier alpha value is -5.41. The van der Waals surface area contributed by atoms with Crippen LogP contribution < -0.4 is 0 Å². The van der Waals surface area contributed by atoms with Gasteiger partial charge in [-0.1, -0.05) is 90.1 Å². The summed E-state index contributed by atoms with van der Waals surface area (Å²) in [5.74, 6) is 0.469. The smallest absolute Gasteiger partial charge is 0.256 e. The molecular weight excluding hydrogens is 564 g/mol. The van der Waals surface area contributed by atoms with Gasteiger partial charge in [0.2, 0.25) is 12.2 Å². The molecule has 4 aromatic carbocycles. The largest absolute Gasteiger partial charge is 0.377 e. The molecule has 1 atom stereocenters. The maximum atomic E-state index is 14.7. The highest BCUT2D eigenvalue weighted by Gasteiger charge is 2.31.